The molecule has 0 atom stereocenters. The molecule has 0 aliphatic heterocycles. The summed E-state index contributed by atoms with van der Waals surface area (Å²) < 4.78 is 0.970. The van der Waals surface area contributed by atoms with Crippen molar-refractivity contribution in [3.63, 3.8) is 0 Å². The van der Waals surface area contributed by atoms with Gasteiger partial charge in [0.25, 0.3) is 0 Å². The molecule has 4 nitrogen and oxygen atoms in total. The lowest BCUT2D eigenvalue weighted by atomic mass is 10.4. The molecule has 0 radical (unpaired) electrons. The number of anilines is 1. The second-order valence-corrected chi connectivity index (χ2v) is 6.57. The number of nitrogens with zero attached hydrogens (tertiary/aromatic N) is 3. The molecule has 0 amide bonds. The lowest BCUT2D eigenvalue weighted by Gasteiger charge is -2.02. The van der Waals surface area contributed by atoms with E-state index in [-0.39, 0.29) is 0 Å². The third-order valence-electron chi connectivity index (χ3n) is 2.45. The zero-order valence-corrected chi connectivity index (χ0v) is 12.9. The molecule has 3 heterocycles. The summed E-state index contributed by atoms with van der Waals surface area (Å²) in [6.07, 6.45) is 1.78. The van der Waals surface area contributed by atoms with E-state index in [1.165, 1.54) is 0 Å². The summed E-state index contributed by atoms with van der Waals surface area (Å²) in [7, 11) is 0. The number of halogens is 1. The standard InChI is InChI=1S/C12H9BrN4S2/c13-7-1-2-10(15-5-7)19-6-9-16-11(14)8-3-4-18-12(8)17-9/h1-5H,6H2,(H2,14,16,17). The van der Waals surface area contributed by atoms with Gasteiger partial charge in [-0.15, -0.1) is 11.3 Å². The maximum Gasteiger partial charge on any atom is 0.142 e. The van der Waals surface area contributed by atoms with Gasteiger partial charge in [0.15, 0.2) is 0 Å². The van der Waals surface area contributed by atoms with Crippen LogP contribution < -0.4 is 5.73 Å². The zero-order chi connectivity index (χ0) is 13.2. The lowest BCUT2D eigenvalue weighted by molar-refractivity contribution is 1.07. The first-order valence-electron chi connectivity index (χ1n) is 5.46. The highest BCUT2D eigenvalue weighted by molar-refractivity contribution is 9.10. The molecule has 0 unspecified atom stereocenters. The number of thiophene rings is 1. The van der Waals surface area contributed by atoms with Crippen LogP contribution in [0.25, 0.3) is 10.2 Å². The molecule has 96 valence electrons. The van der Waals surface area contributed by atoms with Crippen molar-refractivity contribution in [1.29, 1.82) is 0 Å². The minimum absolute atomic E-state index is 0.547. The van der Waals surface area contributed by atoms with Gasteiger partial charge in [-0.25, -0.2) is 15.0 Å². The number of aromatic nitrogens is 3. The van der Waals surface area contributed by atoms with E-state index in [1.807, 2.05) is 23.6 Å². The summed E-state index contributed by atoms with van der Waals surface area (Å²) in [5, 5.41) is 3.85. The molecular weight excluding hydrogens is 344 g/mol. The number of nitrogen functional groups attached to an aromatic ring is 1. The van der Waals surface area contributed by atoms with E-state index in [4.69, 9.17) is 5.73 Å². The number of rotatable bonds is 3. The van der Waals surface area contributed by atoms with Crippen molar-refractivity contribution in [2.24, 2.45) is 0 Å². The van der Waals surface area contributed by atoms with Crippen molar-refractivity contribution in [1.82, 2.24) is 15.0 Å². The smallest absolute Gasteiger partial charge is 0.142 e. The second-order valence-electron chi connectivity index (χ2n) is 3.77. The van der Waals surface area contributed by atoms with Gasteiger partial charge >= 0.3 is 0 Å². The predicted molar refractivity (Wildman–Crippen MR) is 83.3 cm³/mol. The highest BCUT2D eigenvalue weighted by Crippen LogP contribution is 2.26. The van der Waals surface area contributed by atoms with Gasteiger partial charge in [-0.05, 0) is 39.5 Å². The predicted octanol–water partition coefficient (Wildman–Crippen LogP) is 3.72. The summed E-state index contributed by atoms with van der Waals surface area (Å²) in [6.45, 7) is 0. The van der Waals surface area contributed by atoms with Crippen molar-refractivity contribution in [3.8, 4) is 0 Å². The van der Waals surface area contributed by atoms with Gasteiger partial charge in [0.1, 0.15) is 16.5 Å². The Kier molecular flexibility index (Phi) is 3.67. The minimum Gasteiger partial charge on any atom is -0.383 e. The molecule has 3 rings (SSSR count). The maximum absolute atomic E-state index is 5.91. The van der Waals surface area contributed by atoms with Gasteiger partial charge in [0, 0.05) is 10.7 Å². The average Bonchev–Trinajstić information content (AvgIpc) is 2.87. The zero-order valence-electron chi connectivity index (χ0n) is 9.71. The number of hydrogen-bond acceptors (Lipinski definition) is 6. The molecule has 7 heteroatoms. The number of pyridine rings is 1. The average molecular weight is 353 g/mol. The van der Waals surface area contributed by atoms with Crippen LogP contribution in [0.5, 0.6) is 0 Å². The quantitative estimate of drug-likeness (QED) is 0.727. The maximum atomic E-state index is 5.91. The summed E-state index contributed by atoms with van der Waals surface area (Å²) in [4.78, 5) is 14.1. The molecule has 2 N–H and O–H groups in total. The van der Waals surface area contributed by atoms with Gasteiger partial charge in [-0.1, -0.05) is 11.8 Å². The molecule has 0 aromatic carbocycles. The van der Waals surface area contributed by atoms with E-state index in [0.717, 1.165) is 25.5 Å². The van der Waals surface area contributed by atoms with Crippen molar-refractivity contribution in [2.75, 3.05) is 5.73 Å². The topological polar surface area (TPSA) is 64.7 Å². The fourth-order valence-corrected chi connectivity index (χ4v) is 3.30. The molecule has 0 spiro atoms. The highest BCUT2D eigenvalue weighted by Gasteiger charge is 2.07. The molecule has 0 aliphatic rings. The van der Waals surface area contributed by atoms with Crippen LogP contribution in [0.3, 0.4) is 0 Å². The summed E-state index contributed by atoms with van der Waals surface area (Å²) in [6, 6.07) is 5.87. The third kappa shape index (κ3) is 2.88. The fraction of sp³-hybridized carbons (Fsp3) is 0.0833. The Morgan fingerprint density at radius 2 is 2.16 bits per heavy atom. The molecule has 0 aliphatic carbocycles. The van der Waals surface area contributed by atoms with Crippen molar-refractivity contribution in [3.05, 3.63) is 40.1 Å². The third-order valence-corrected chi connectivity index (χ3v) is 4.67. The molecular formula is C12H9BrN4S2. The van der Waals surface area contributed by atoms with E-state index in [0.29, 0.717) is 11.6 Å². The van der Waals surface area contributed by atoms with Crippen LogP contribution in [-0.2, 0) is 5.75 Å². The van der Waals surface area contributed by atoms with E-state index >= 15 is 0 Å². The van der Waals surface area contributed by atoms with Crippen LogP contribution in [0.4, 0.5) is 5.82 Å². The van der Waals surface area contributed by atoms with Crippen molar-refractivity contribution in [2.45, 2.75) is 10.8 Å². The number of fused-ring (bicyclic) bond motifs is 1. The first kappa shape index (κ1) is 12.8. The van der Waals surface area contributed by atoms with Crippen LogP contribution >= 0.6 is 39.0 Å². The lowest BCUT2D eigenvalue weighted by Crippen LogP contribution is -1.98. The molecule has 0 saturated carbocycles. The van der Waals surface area contributed by atoms with Crippen LogP contribution in [0.2, 0.25) is 0 Å². The van der Waals surface area contributed by atoms with Crippen molar-refractivity contribution < 1.29 is 0 Å². The van der Waals surface area contributed by atoms with Crippen LogP contribution in [0.1, 0.15) is 5.82 Å². The highest BCUT2D eigenvalue weighted by atomic mass is 79.9. The Labute approximate surface area is 126 Å². The molecule has 19 heavy (non-hydrogen) atoms. The molecule has 3 aromatic heterocycles. The van der Waals surface area contributed by atoms with Gasteiger partial charge < -0.3 is 5.73 Å². The summed E-state index contributed by atoms with van der Waals surface area (Å²) in [5.74, 6) is 1.94. The van der Waals surface area contributed by atoms with Gasteiger partial charge in [0.2, 0.25) is 0 Å². The van der Waals surface area contributed by atoms with E-state index in [2.05, 4.69) is 30.9 Å². The minimum atomic E-state index is 0.547. The Hall–Kier alpha value is -1.18. The molecule has 0 saturated heterocycles. The molecule has 0 fully saturated rings. The number of thioether (sulfide) groups is 1. The Bertz CT molecular complexity index is 711. The van der Waals surface area contributed by atoms with Crippen molar-refractivity contribution >= 4 is 55.1 Å². The van der Waals surface area contributed by atoms with E-state index < -0.39 is 0 Å². The SMILES string of the molecule is Nc1nc(CSc2ccc(Br)cn2)nc2sccc12. The van der Waals surface area contributed by atoms with Crippen LogP contribution in [0.15, 0.2) is 39.3 Å². The first-order valence-corrected chi connectivity index (χ1v) is 8.12. The van der Waals surface area contributed by atoms with Gasteiger partial charge in [-0.3, -0.25) is 0 Å². The van der Waals surface area contributed by atoms with E-state index in [1.54, 1.807) is 29.3 Å². The second kappa shape index (κ2) is 5.44. The fourth-order valence-electron chi connectivity index (χ4n) is 1.57. The van der Waals surface area contributed by atoms with Gasteiger partial charge in [-0.2, -0.15) is 0 Å². The first-order chi connectivity index (χ1) is 9.22. The monoisotopic (exact) mass is 352 g/mol. The largest absolute Gasteiger partial charge is 0.383 e. The number of nitrogens with two attached hydrogens (primary N) is 1. The Morgan fingerprint density at radius 3 is 2.95 bits per heavy atom. The summed E-state index contributed by atoms with van der Waals surface area (Å²) in [5.41, 5.74) is 5.91. The Morgan fingerprint density at radius 1 is 1.26 bits per heavy atom. The van der Waals surface area contributed by atoms with Crippen LogP contribution in [-0.4, -0.2) is 15.0 Å². The molecule has 3 aromatic rings. The van der Waals surface area contributed by atoms with Crippen LogP contribution in [0, 0.1) is 0 Å². The Balaban J connectivity index is 1.79. The normalized spacial score (nSPS) is 11.0. The summed E-state index contributed by atoms with van der Waals surface area (Å²) >= 11 is 6.53. The molecule has 0 bridgehead atoms. The van der Waals surface area contributed by atoms with E-state index in [9.17, 15) is 0 Å². The number of hydrogen-bond donors (Lipinski definition) is 1. The van der Waals surface area contributed by atoms with Gasteiger partial charge in [0.05, 0.1) is 16.2 Å².